The second kappa shape index (κ2) is 6.53. The second-order valence-corrected chi connectivity index (χ2v) is 5.20. The first-order valence-corrected chi connectivity index (χ1v) is 6.83. The summed E-state index contributed by atoms with van der Waals surface area (Å²) >= 11 is 0. The molecule has 1 aliphatic heterocycles. The summed E-state index contributed by atoms with van der Waals surface area (Å²) < 4.78 is 0. The summed E-state index contributed by atoms with van der Waals surface area (Å²) in [6, 6.07) is 8.08. The van der Waals surface area contributed by atoms with Crippen LogP contribution in [0.1, 0.15) is 24.0 Å². The molecular weight excluding hydrogens is 238 g/mol. The minimum atomic E-state index is 0.0675. The first kappa shape index (κ1) is 13.8. The number of amides is 1. The van der Waals surface area contributed by atoms with Crippen LogP contribution in [0, 0.1) is 12.8 Å². The highest BCUT2D eigenvalue weighted by atomic mass is 16.3. The summed E-state index contributed by atoms with van der Waals surface area (Å²) in [7, 11) is 0. The van der Waals surface area contributed by atoms with E-state index in [-0.39, 0.29) is 12.5 Å². The van der Waals surface area contributed by atoms with Crippen LogP contribution in [0.3, 0.4) is 0 Å². The van der Waals surface area contributed by atoms with Crippen molar-refractivity contribution in [1.29, 1.82) is 0 Å². The Morgan fingerprint density at radius 1 is 1.42 bits per heavy atom. The van der Waals surface area contributed by atoms with Gasteiger partial charge in [-0.25, -0.2) is 0 Å². The Bertz CT molecular complexity index is 460. The second-order valence-electron chi connectivity index (χ2n) is 5.20. The Morgan fingerprint density at radius 2 is 2.16 bits per heavy atom. The summed E-state index contributed by atoms with van der Waals surface area (Å²) in [5.74, 6) is 0.433. The average Bonchev–Trinajstić information content (AvgIpc) is 2.45. The Morgan fingerprint density at radius 3 is 2.79 bits per heavy atom. The number of rotatable bonds is 3. The van der Waals surface area contributed by atoms with E-state index in [9.17, 15) is 4.79 Å². The molecule has 1 saturated heterocycles. The number of aliphatic hydroxyl groups is 1. The summed E-state index contributed by atoms with van der Waals surface area (Å²) in [5.41, 5.74) is 2.25. The first-order valence-electron chi connectivity index (χ1n) is 6.83. The topological polar surface area (TPSA) is 40.5 Å². The van der Waals surface area contributed by atoms with Gasteiger partial charge in [0.1, 0.15) is 0 Å². The van der Waals surface area contributed by atoms with Crippen molar-refractivity contribution in [3.8, 4) is 0 Å². The number of likely N-dealkylation sites (tertiary alicyclic amines) is 1. The van der Waals surface area contributed by atoms with Crippen LogP contribution in [0.4, 0.5) is 0 Å². The molecule has 1 aromatic carbocycles. The van der Waals surface area contributed by atoms with E-state index in [1.54, 1.807) is 6.08 Å². The molecular formula is C16H21NO2. The molecule has 0 atom stereocenters. The van der Waals surface area contributed by atoms with Crippen molar-refractivity contribution in [3.05, 3.63) is 41.5 Å². The minimum absolute atomic E-state index is 0.0675. The third-order valence-corrected chi connectivity index (χ3v) is 3.64. The number of aliphatic hydroxyl groups excluding tert-OH is 1. The van der Waals surface area contributed by atoms with E-state index in [4.69, 9.17) is 5.11 Å². The van der Waals surface area contributed by atoms with Gasteiger partial charge in [0.05, 0.1) is 0 Å². The van der Waals surface area contributed by atoms with Crippen LogP contribution in [0.25, 0.3) is 6.08 Å². The fourth-order valence-corrected chi connectivity index (χ4v) is 2.38. The van der Waals surface area contributed by atoms with Crippen molar-refractivity contribution in [2.75, 3.05) is 19.7 Å². The summed E-state index contributed by atoms with van der Waals surface area (Å²) in [4.78, 5) is 13.9. The zero-order chi connectivity index (χ0) is 13.7. The maximum atomic E-state index is 12.0. The standard InChI is InChI=1S/C16H21NO2/c1-13-3-2-4-14(11-13)5-6-16(19)17-9-7-15(12-18)8-10-17/h2-6,11,15,18H,7-10,12H2,1H3/b6-5+. The van der Waals surface area contributed by atoms with Gasteiger partial charge < -0.3 is 10.0 Å². The fraction of sp³-hybridized carbons (Fsp3) is 0.438. The molecule has 1 aliphatic rings. The zero-order valence-electron chi connectivity index (χ0n) is 11.4. The largest absolute Gasteiger partial charge is 0.396 e. The predicted molar refractivity (Wildman–Crippen MR) is 76.6 cm³/mol. The van der Waals surface area contributed by atoms with E-state index in [0.717, 1.165) is 31.5 Å². The van der Waals surface area contributed by atoms with E-state index in [0.29, 0.717) is 5.92 Å². The Kier molecular flexibility index (Phi) is 4.74. The Hall–Kier alpha value is -1.61. The number of hydrogen-bond donors (Lipinski definition) is 1. The molecule has 1 fully saturated rings. The highest BCUT2D eigenvalue weighted by Gasteiger charge is 2.20. The molecule has 1 N–H and O–H groups in total. The number of carbonyl (C=O) groups is 1. The van der Waals surface area contributed by atoms with Gasteiger partial charge in [0, 0.05) is 25.8 Å². The van der Waals surface area contributed by atoms with Crippen LogP contribution in [-0.2, 0) is 4.79 Å². The van der Waals surface area contributed by atoms with Gasteiger partial charge in [0.15, 0.2) is 0 Å². The average molecular weight is 259 g/mol. The van der Waals surface area contributed by atoms with Gasteiger partial charge in [-0.2, -0.15) is 0 Å². The highest BCUT2D eigenvalue weighted by molar-refractivity contribution is 5.91. The lowest BCUT2D eigenvalue weighted by atomic mass is 9.98. The molecule has 0 radical (unpaired) electrons. The van der Waals surface area contributed by atoms with E-state index >= 15 is 0 Å². The highest BCUT2D eigenvalue weighted by Crippen LogP contribution is 2.16. The monoisotopic (exact) mass is 259 g/mol. The number of piperidine rings is 1. The SMILES string of the molecule is Cc1cccc(/C=C/C(=O)N2CCC(CO)CC2)c1. The van der Waals surface area contributed by atoms with Crippen molar-refractivity contribution in [2.24, 2.45) is 5.92 Å². The van der Waals surface area contributed by atoms with E-state index in [2.05, 4.69) is 6.07 Å². The van der Waals surface area contributed by atoms with Gasteiger partial charge in [-0.05, 0) is 37.3 Å². The molecule has 0 aromatic heterocycles. The lowest BCUT2D eigenvalue weighted by Crippen LogP contribution is -2.38. The predicted octanol–water partition coefficient (Wildman–Crippen LogP) is 2.24. The van der Waals surface area contributed by atoms with Crippen LogP contribution < -0.4 is 0 Å². The molecule has 1 heterocycles. The van der Waals surface area contributed by atoms with Gasteiger partial charge in [-0.3, -0.25) is 4.79 Å². The lowest BCUT2D eigenvalue weighted by molar-refractivity contribution is -0.127. The molecule has 2 rings (SSSR count). The van der Waals surface area contributed by atoms with E-state index in [1.165, 1.54) is 5.56 Å². The molecule has 102 valence electrons. The molecule has 1 amide bonds. The molecule has 0 aliphatic carbocycles. The van der Waals surface area contributed by atoms with Crippen molar-refractivity contribution >= 4 is 12.0 Å². The molecule has 0 bridgehead atoms. The van der Waals surface area contributed by atoms with Crippen LogP contribution in [0.15, 0.2) is 30.3 Å². The van der Waals surface area contributed by atoms with Crippen LogP contribution in [0.2, 0.25) is 0 Å². The fourth-order valence-electron chi connectivity index (χ4n) is 2.38. The smallest absolute Gasteiger partial charge is 0.246 e. The van der Waals surface area contributed by atoms with Crippen molar-refractivity contribution < 1.29 is 9.90 Å². The number of nitrogens with zero attached hydrogens (tertiary/aromatic N) is 1. The number of carbonyl (C=O) groups excluding carboxylic acids is 1. The normalized spacial score (nSPS) is 17.1. The Balaban J connectivity index is 1.91. The van der Waals surface area contributed by atoms with Crippen LogP contribution in [-0.4, -0.2) is 35.6 Å². The van der Waals surface area contributed by atoms with E-state index in [1.807, 2.05) is 36.1 Å². The van der Waals surface area contributed by atoms with Crippen molar-refractivity contribution in [1.82, 2.24) is 4.90 Å². The van der Waals surface area contributed by atoms with E-state index < -0.39 is 0 Å². The van der Waals surface area contributed by atoms with Crippen molar-refractivity contribution in [2.45, 2.75) is 19.8 Å². The third kappa shape index (κ3) is 3.93. The van der Waals surface area contributed by atoms with Crippen LogP contribution in [0.5, 0.6) is 0 Å². The summed E-state index contributed by atoms with van der Waals surface area (Å²) in [6.45, 7) is 3.78. The number of aryl methyl sites for hydroxylation is 1. The molecule has 3 nitrogen and oxygen atoms in total. The van der Waals surface area contributed by atoms with Gasteiger partial charge >= 0.3 is 0 Å². The third-order valence-electron chi connectivity index (χ3n) is 3.64. The molecule has 3 heteroatoms. The first-order chi connectivity index (χ1) is 9.19. The van der Waals surface area contributed by atoms with Gasteiger partial charge in [-0.1, -0.05) is 29.8 Å². The minimum Gasteiger partial charge on any atom is -0.396 e. The molecule has 0 spiro atoms. The molecule has 0 saturated carbocycles. The quantitative estimate of drug-likeness (QED) is 0.846. The van der Waals surface area contributed by atoms with Crippen LogP contribution >= 0.6 is 0 Å². The maximum Gasteiger partial charge on any atom is 0.246 e. The van der Waals surface area contributed by atoms with Gasteiger partial charge in [-0.15, -0.1) is 0 Å². The summed E-state index contributed by atoms with van der Waals surface area (Å²) in [6.07, 6.45) is 5.32. The number of benzene rings is 1. The maximum absolute atomic E-state index is 12.0. The molecule has 19 heavy (non-hydrogen) atoms. The zero-order valence-corrected chi connectivity index (χ0v) is 11.4. The Labute approximate surface area is 114 Å². The van der Waals surface area contributed by atoms with Gasteiger partial charge in [0.25, 0.3) is 0 Å². The van der Waals surface area contributed by atoms with Crippen molar-refractivity contribution in [3.63, 3.8) is 0 Å². The molecule has 1 aromatic rings. The number of hydrogen-bond acceptors (Lipinski definition) is 2. The molecule has 0 unspecified atom stereocenters. The lowest BCUT2D eigenvalue weighted by Gasteiger charge is -2.30. The summed E-state index contributed by atoms with van der Waals surface area (Å²) in [5, 5.41) is 9.08. The van der Waals surface area contributed by atoms with Gasteiger partial charge in [0.2, 0.25) is 5.91 Å².